The van der Waals surface area contributed by atoms with Crippen LogP contribution in [0.4, 0.5) is 10.2 Å². The zero-order valence-electron chi connectivity index (χ0n) is 22.9. The quantitative estimate of drug-likeness (QED) is 0.372. The molecular weight excluding hydrogens is 477 g/mol. The number of piperazine rings is 1. The molecule has 38 heavy (non-hydrogen) atoms. The molecule has 1 atom stereocenters. The van der Waals surface area contributed by atoms with Crippen LogP contribution in [-0.4, -0.2) is 64.8 Å². The average Bonchev–Trinajstić information content (AvgIpc) is 2.93. The first-order valence-corrected chi connectivity index (χ1v) is 13.1. The minimum atomic E-state index is -0.609. The summed E-state index contributed by atoms with van der Waals surface area (Å²) in [5, 5.41) is 3.00. The summed E-state index contributed by atoms with van der Waals surface area (Å²) in [5.41, 5.74) is 4.40. The highest BCUT2D eigenvalue weighted by Crippen LogP contribution is 2.31. The molecule has 6 nitrogen and oxygen atoms in total. The van der Waals surface area contributed by atoms with E-state index in [4.69, 9.17) is 0 Å². The number of carbonyl (C=O) groups excluding carboxylic acids is 1. The number of nitrogens with one attached hydrogen (secondary N) is 1. The van der Waals surface area contributed by atoms with Crippen molar-refractivity contribution in [2.45, 2.75) is 45.7 Å². The molecule has 1 fully saturated rings. The van der Waals surface area contributed by atoms with Crippen molar-refractivity contribution in [1.82, 2.24) is 19.8 Å². The zero-order chi connectivity index (χ0) is 27.3. The fraction of sp³-hybridized carbons (Fsp3) is 0.387. The lowest BCUT2D eigenvalue weighted by molar-refractivity contribution is -0.113. The van der Waals surface area contributed by atoms with E-state index in [1.54, 1.807) is 18.5 Å². The van der Waals surface area contributed by atoms with Crippen LogP contribution in [0.25, 0.3) is 11.1 Å². The highest BCUT2D eigenvalue weighted by Gasteiger charge is 2.30. The maximum atomic E-state index is 15.6. The van der Waals surface area contributed by atoms with E-state index < -0.39 is 11.9 Å². The molecule has 7 heteroatoms. The Bertz CT molecular complexity index is 1330. The van der Waals surface area contributed by atoms with E-state index in [1.165, 1.54) is 6.07 Å². The molecule has 198 valence electrons. The summed E-state index contributed by atoms with van der Waals surface area (Å²) in [6, 6.07) is 10.2. The number of halogens is 1. The van der Waals surface area contributed by atoms with E-state index >= 15 is 4.39 Å². The molecule has 0 saturated carbocycles. The smallest absolute Gasteiger partial charge is 0.141 e. The number of rotatable bonds is 6. The molecule has 0 unspecified atom stereocenters. The van der Waals surface area contributed by atoms with Gasteiger partial charge in [0.2, 0.25) is 0 Å². The maximum absolute atomic E-state index is 15.6. The zero-order valence-corrected chi connectivity index (χ0v) is 22.9. The van der Waals surface area contributed by atoms with Gasteiger partial charge >= 0.3 is 0 Å². The van der Waals surface area contributed by atoms with E-state index in [1.807, 2.05) is 38.2 Å². The SMILES string of the molecule is CCc1nccc(-c2ccc([C@H](C=O)N3CCN(C(C)(C)C)CC3)c(F)c2)c1C#Cc1ccc(NC)nc1. The van der Waals surface area contributed by atoms with Crippen LogP contribution in [0, 0.1) is 17.7 Å². The Balaban J connectivity index is 1.63. The normalized spacial score (nSPS) is 15.4. The molecule has 1 saturated heterocycles. The molecule has 1 aromatic carbocycles. The average molecular weight is 514 g/mol. The number of nitrogens with zero attached hydrogens (tertiary/aromatic N) is 4. The van der Waals surface area contributed by atoms with Gasteiger partial charge in [-0.25, -0.2) is 9.37 Å². The van der Waals surface area contributed by atoms with Crippen LogP contribution < -0.4 is 5.32 Å². The van der Waals surface area contributed by atoms with Crippen LogP contribution in [0.1, 0.15) is 56.1 Å². The van der Waals surface area contributed by atoms with Gasteiger partial charge in [0.25, 0.3) is 0 Å². The molecule has 0 bridgehead atoms. The number of benzene rings is 1. The highest BCUT2D eigenvalue weighted by molar-refractivity contribution is 5.73. The van der Waals surface area contributed by atoms with Crippen molar-refractivity contribution in [2.75, 3.05) is 38.5 Å². The first-order chi connectivity index (χ1) is 18.2. The Morgan fingerprint density at radius 2 is 1.84 bits per heavy atom. The topological polar surface area (TPSA) is 61.4 Å². The first-order valence-electron chi connectivity index (χ1n) is 13.1. The van der Waals surface area contributed by atoms with Gasteiger partial charge in [0.05, 0.1) is 17.3 Å². The van der Waals surface area contributed by atoms with E-state index in [-0.39, 0.29) is 5.54 Å². The Morgan fingerprint density at radius 1 is 1.08 bits per heavy atom. The summed E-state index contributed by atoms with van der Waals surface area (Å²) in [6.07, 6.45) is 5.01. The second-order valence-electron chi connectivity index (χ2n) is 10.5. The lowest BCUT2D eigenvalue weighted by atomic mass is 9.95. The van der Waals surface area contributed by atoms with Crippen LogP contribution in [0.3, 0.4) is 0 Å². The first kappa shape index (κ1) is 27.4. The highest BCUT2D eigenvalue weighted by atomic mass is 19.1. The Labute approximate surface area is 225 Å². The van der Waals surface area contributed by atoms with E-state index in [0.717, 1.165) is 60.7 Å². The fourth-order valence-electron chi connectivity index (χ4n) is 4.87. The van der Waals surface area contributed by atoms with Crippen LogP contribution >= 0.6 is 0 Å². The van der Waals surface area contributed by atoms with Gasteiger partial charge in [0, 0.05) is 67.8 Å². The molecule has 0 amide bonds. The van der Waals surface area contributed by atoms with Crippen LogP contribution in [0.2, 0.25) is 0 Å². The van der Waals surface area contributed by atoms with Crippen molar-refractivity contribution in [1.29, 1.82) is 0 Å². The summed E-state index contributed by atoms with van der Waals surface area (Å²) in [5.74, 6) is 6.81. The lowest BCUT2D eigenvalue weighted by Gasteiger charge is -2.43. The second-order valence-corrected chi connectivity index (χ2v) is 10.5. The van der Waals surface area contributed by atoms with Crippen molar-refractivity contribution >= 4 is 12.1 Å². The Hall–Kier alpha value is -3.60. The third-order valence-electron chi connectivity index (χ3n) is 7.13. The number of aromatic nitrogens is 2. The Kier molecular flexibility index (Phi) is 8.55. The third kappa shape index (κ3) is 6.09. The van der Waals surface area contributed by atoms with Crippen LogP contribution in [-0.2, 0) is 11.2 Å². The van der Waals surface area contributed by atoms with Crippen molar-refractivity contribution in [3.05, 3.63) is 77.0 Å². The molecule has 3 heterocycles. The number of hydrogen-bond acceptors (Lipinski definition) is 6. The standard InChI is InChI=1S/C31H36FN5O/c1-6-28-25(10-7-22-8-12-30(33-5)35-20-22)24(13-14-34-28)23-9-11-26(27(32)19-23)29(21-38)36-15-17-37(18-16-36)31(2,3)4/h8-9,11-14,19-21,29H,6,15-18H2,1-5H3,(H,33,35)/t29-/m0/s1. The van der Waals surface area contributed by atoms with Gasteiger partial charge in [0.15, 0.2) is 0 Å². The molecule has 0 aliphatic carbocycles. The van der Waals surface area contributed by atoms with Crippen molar-refractivity contribution in [3.63, 3.8) is 0 Å². The number of hydrogen-bond donors (Lipinski definition) is 1. The van der Waals surface area contributed by atoms with E-state index in [9.17, 15) is 4.79 Å². The Morgan fingerprint density at radius 3 is 2.42 bits per heavy atom. The predicted octanol–water partition coefficient (Wildman–Crippen LogP) is 4.94. The maximum Gasteiger partial charge on any atom is 0.141 e. The van der Waals surface area contributed by atoms with Gasteiger partial charge < -0.3 is 10.1 Å². The van der Waals surface area contributed by atoms with Crippen molar-refractivity contribution in [3.8, 4) is 23.0 Å². The predicted molar refractivity (Wildman–Crippen MR) is 150 cm³/mol. The lowest BCUT2D eigenvalue weighted by Crippen LogP contribution is -2.54. The van der Waals surface area contributed by atoms with Gasteiger partial charge in [-0.05, 0) is 57.0 Å². The van der Waals surface area contributed by atoms with Gasteiger partial charge in [-0.1, -0.05) is 30.9 Å². The summed E-state index contributed by atoms with van der Waals surface area (Å²) in [4.78, 5) is 25.4. The molecule has 0 spiro atoms. The largest absolute Gasteiger partial charge is 0.373 e. The number of anilines is 1. The van der Waals surface area contributed by atoms with Crippen LogP contribution in [0.15, 0.2) is 48.8 Å². The molecule has 0 radical (unpaired) electrons. The fourth-order valence-corrected chi connectivity index (χ4v) is 4.87. The number of aldehydes is 1. The number of carbonyl (C=O) groups is 1. The second kappa shape index (κ2) is 11.8. The number of pyridine rings is 2. The molecule has 2 aromatic heterocycles. The molecular formula is C31H36FN5O. The van der Waals surface area contributed by atoms with E-state index in [0.29, 0.717) is 17.5 Å². The summed E-state index contributed by atoms with van der Waals surface area (Å²) in [7, 11) is 1.82. The van der Waals surface area contributed by atoms with Crippen molar-refractivity contribution in [2.24, 2.45) is 0 Å². The van der Waals surface area contributed by atoms with Gasteiger partial charge in [0.1, 0.15) is 17.9 Å². The van der Waals surface area contributed by atoms with Gasteiger partial charge in [-0.2, -0.15) is 0 Å². The molecule has 1 aliphatic heterocycles. The van der Waals surface area contributed by atoms with Crippen molar-refractivity contribution < 1.29 is 9.18 Å². The van der Waals surface area contributed by atoms with Gasteiger partial charge in [-0.15, -0.1) is 0 Å². The summed E-state index contributed by atoms with van der Waals surface area (Å²) < 4.78 is 15.6. The number of aryl methyl sites for hydroxylation is 1. The van der Waals surface area contributed by atoms with E-state index in [2.05, 4.69) is 57.7 Å². The monoisotopic (exact) mass is 513 g/mol. The molecule has 1 N–H and O–H groups in total. The molecule has 1 aliphatic rings. The summed E-state index contributed by atoms with van der Waals surface area (Å²) in [6.45, 7) is 11.7. The minimum Gasteiger partial charge on any atom is -0.373 e. The molecule has 4 rings (SSSR count). The summed E-state index contributed by atoms with van der Waals surface area (Å²) >= 11 is 0. The van der Waals surface area contributed by atoms with Crippen LogP contribution in [0.5, 0.6) is 0 Å². The molecule has 3 aromatic rings. The minimum absolute atomic E-state index is 0.0742. The third-order valence-corrected chi connectivity index (χ3v) is 7.13. The van der Waals surface area contributed by atoms with Gasteiger partial charge in [-0.3, -0.25) is 14.8 Å².